The van der Waals surface area contributed by atoms with Gasteiger partial charge >= 0.3 is 0 Å². The molecule has 28 heavy (non-hydrogen) atoms. The number of hydrogen-bond donors (Lipinski definition) is 1. The number of sulfone groups is 1. The van der Waals surface area contributed by atoms with Crippen LogP contribution in [0.15, 0.2) is 65.7 Å². The van der Waals surface area contributed by atoms with Gasteiger partial charge in [0, 0.05) is 11.2 Å². The van der Waals surface area contributed by atoms with Gasteiger partial charge in [-0.3, -0.25) is 4.79 Å². The Morgan fingerprint density at radius 3 is 2.43 bits per heavy atom. The molecule has 1 N–H and O–H groups in total. The quantitative estimate of drug-likeness (QED) is 0.635. The number of rotatable bonds is 7. The molecule has 0 aliphatic heterocycles. The lowest BCUT2D eigenvalue weighted by Crippen LogP contribution is -2.30. The number of benzene rings is 2. The molecular weight excluding hydrogens is 402 g/mol. The Bertz CT molecular complexity index is 1060. The molecule has 2 aromatic carbocycles. The third-order valence-electron chi connectivity index (χ3n) is 3.94. The molecule has 0 radical (unpaired) electrons. The SMILES string of the molecule is COc1ccc(-n2ccc(CNC(=O)CS(=O)(=O)c3ccc(Cl)cc3)n2)cc1. The number of nitrogens with one attached hydrogen (secondary N) is 1. The lowest BCUT2D eigenvalue weighted by molar-refractivity contribution is -0.118. The summed E-state index contributed by atoms with van der Waals surface area (Å²) >= 11 is 5.76. The predicted octanol–water partition coefficient (Wildman–Crippen LogP) is 2.62. The molecule has 0 saturated carbocycles. The minimum atomic E-state index is -3.73. The highest BCUT2D eigenvalue weighted by atomic mass is 35.5. The van der Waals surface area contributed by atoms with E-state index in [1.165, 1.54) is 24.3 Å². The summed E-state index contributed by atoms with van der Waals surface area (Å²) in [7, 11) is -2.14. The Morgan fingerprint density at radius 1 is 1.11 bits per heavy atom. The second-order valence-electron chi connectivity index (χ2n) is 5.94. The first-order valence-corrected chi connectivity index (χ1v) is 10.3. The van der Waals surface area contributed by atoms with Crippen molar-refractivity contribution >= 4 is 27.3 Å². The number of nitrogens with zero attached hydrogens (tertiary/aromatic N) is 2. The largest absolute Gasteiger partial charge is 0.497 e. The number of carbonyl (C=O) groups excluding carboxylic acids is 1. The molecule has 1 amide bonds. The van der Waals surface area contributed by atoms with Crippen LogP contribution in [0.4, 0.5) is 0 Å². The van der Waals surface area contributed by atoms with Crippen molar-refractivity contribution in [2.75, 3.05) is 12.9 Å². The van der Waals surface area contributed by atoms with E-state index in [9.17, 15) is 13.2 Å². The van der Waals surface area contributed by atoms with Gasteiger partial charge in [-0.25, -0.2) is 13.1 Å². The molecule has 0 fully saturated rings. The molecule has 0 spiro atoms. The molecular formula is C19H18ClN3O4S. The van der Waals surface area contributed by atoms with Crippen molar-refractivity contribution in [2.24, 2.45) is 0 Å². The predicted molar refractivity (Wildman–Crippen MR) is 105 cm³/mol. The average molecular weight is 420 g/mol. The van der Waals surface area contributed by atoms with Gasteiger partial charge in [-0.2, -0.15) is 5.10 Å². The van der Waals surface area contributed by atoms with Crippen LogP contribution in [0.3, 0.4) is 0 Å². The summed E-state index contributed by atoms with van der Waals surface area (Å²) in [5.74, 6) is -0.507. The topological polar surface area (TPSA) is 90.3 Å². The van der Waals surface area contributed by atoms with Gasteiger partial charge in [0.1, 0.15) is 11.5 Å². The molecule has 0 bridgehead atoms. The fourth-order valence-electron chi connectivity index (χ4n) is 2.47. The molecule has 1 aromatic heterocycles. The van der Waals surface area contributed by atoms with Crippen molar-refractivity contribution in [3.8, 4) is 11.4 Å². The second-order valence-corrected chi connectivity index (χ2v) is 8.37. The fraction of sp³-hybridized carbons (Fsp3) is 0.158. The summed E-state index contributed by atoms with van der Waals surface area (Å²) in [6.45, 7) is 0.123. The lowest BCUT2D eigenvalue weighted by atomic mass is 10.3. The molecule has 0 saturated heterocycles. The highest BCUT2D eigenvalue weighted by molar-refractivity contribution is 7.92. The zero-order valence-electron chi connectivity index (χ0n) is 15.0. The van der Waals surface area contributed by atoms with Crippen molar-refractivity contribution in [3.05, 3.63) is 71.5 Å². The van der Waals surface area contributed by atoms with Gasteiger partial charge in [-0.05, 0) is 54.6 Å². The minimum Gasteiger partial charge on any atom is -0.497 e. The third-order valence-corrected chi connectivity index (χ3v) is 5.83. The third kappa shape index (κ3) is 4.90. The van der Waals surface area contributed by atoms with Gasteiger partial charge in [0.25, 0.3) is 0 Å². The van der Waals surface area contributed by atoms with Crippen LogP contribution in [0.25, 0.3) is 5.69 Å². The van der Waals surface area contributed by atoms with Crippen LogP contribution < -0.4 is 10.1 Å². The first-order chi connectivity index (χ1) is 13.4. The maximum absolute atomic E-state index is 12.3. The molecule has 7 nitrogen and oxygen atoms in total. The van der Waals surface area contributed by atoms with Crippen molar-refractivity contribution in [1.29, 1.82) is 0 Å². The number of methoxy groups -OCH3 is 1. The van der Waals surface area contributed by atoms with Gasteiger partial charge < -0.3 is 10.1 Å². The summed E-state index contributed by atoms with van der Waals surface area (Å²) in [5, 5.41) is 7.38. The molecule has 9 heteroatoms. The van der Waals surface area contributed by atoms with E-state index in [1.807, 2.05) is 24.3 Å². The maximum Gasteiger partial charge on any atom is 0.235 e. The average Bonchev–Trinajstić information content (AvgIpc) is 3.15. The summed E-state index contributed by atoms with van der Waals surface area (Å²) in [4.78, 5) is 12.1. The van der Waals surface area contributed by atoms with E-state index in [-0.39, 0.29) is 11.4 Å². The van der Waals surface area contributed by atoms with Crippen LogP contribution in [0, 0.1) is 0 Å². The Labute approximate surface area is 167 Å². The molecule has 0 unspecified atom stereocenters. The van der Waals surface area contributed by atoms with Crippen LogP contribution in [-0.2, 0) is 21.2 Å². The van der Waals surface area contributed by atoms with Crippen LogP contribution in [0.1, 0.15) is 5.69 Å². The number of halogens is 1. The first-order valence-electron chi connectivity index (χ1n) is 8.31. The van der Waals surface area contributed by atoms with Gasteiger partial charge in [-0.15, -0.1) is 0 Å². The van der Waals surface area contributed by atoms with Gasteiger partial charge in [0.2, 0.25) is 5.91 Å². The van der Waals surface area contributed by atoms with Crippen molar-refractivity contribution < 1.29 is 17.9 Å². The molecule has 1 heterocycles. The van der Waals surface area contributed by atoms with Crippen LogP contribution in [-0.4, -0.2) is 37.0 Å². The highest BCUT2D eigenvalue weighted by Gasteiger charge is 2.19. The summed E-state index contributed by atoms with van der Waals surface area (Å²) in [5.41, 5.74) is 1.44. The first kappa shape index (κ1) is 19.9. The van der Waals surface area contributed by atoms with E-state index in [4.69, 9.17) is 16.3 Å². The standard InChI is InChI=1S/C19H18ClN3O4S/c1-27-17-6-4-16(5-7-17)23-11-10-15(22-23)12-21-19(24)13-28(25,26)18-8-2-14(20)3-9-18/h2-11H,12-13H2,1H3,(H,21,24). The van der Waals surface area contributed by atoms with E-state index in [1.54, 1.807) is 24.1 Å². The van der Waals surface area contributed by atoms with E-state index in [0.29, 0.717) is 10.7 Å². The van der Waals surface area contributed by atoms with E-state index < -0.39 is 21.5 Å². The highest BCUT2D eigenvalue weighted by Crippen LogP contribution is 2.16. The van der Waals surface area contributed by atoms with Crippen LogP contribution in [0.2, 0.25) is 5.02 Å². The van der Waals surface area contributed by atoms with Gasteiger partial charge in [-0.1, -0.05) is 11.6 Å². The van der Waals surface area contributed by atoms with Crippen molar-refractivity contribution in [2.45, 2.75) is 11.4 Å². The normalized spacial score (nSPS) is 11.2. The van der Waals surface area contributed by atoms with Crippen molar-refractivity contribution in [1.82, 2.24) is 15.1 Å². The number of carbonyl (C=O) groups is 1. The molecule has 0 aliphatic rings. The summed E-state index contributed by atoms with van der Waals surface area (Å²) in [6, 6.07) is 14.8. The molecule has 3 rings (SSSR count). The summed E-state index contributed by atoms with van der Waals surface area (Å²) in [6.07, 6.45) is 1.76. The van der Waals surface area contributed by atoms with E-state index in [2.05, 4.69) is 10.4 Å². The van der Waals surface area contributed by atoms with Crippen molar-refractivity contribution in [3.63, 3.8) is 0 Å². The maximum atomic E-state index is 12.3. The van der Waals surface area contributed by atoms with Gasteiger partial charge in [0.05, 0.1) is 29.9 Å². The van der Waals surface area contributed by atoms with E-state index in [0.717, 1.165) is 11.4 Å². The molecule has 146 valence electrons. The summed E-state index contributed by atoms with van der Waals surface area (Å²) < 4.78 is 31.3. The number of hydrogen-bond acceptors (Lipinski definition) is 5. The second kappa shape index (κ2) is 8.45. The zero-order valence-corrected chi connectivity index (χ0v) is 16.6. The Kier molecular flexibility index (Phi) is 6.01. The smallest absolute Gasteiger partial charge is 0.235 e. The van der Waals surface area contributed by atoms with E-state index >= 15 is 0 Å². The minimum absolute atomic E-state index is 0.0517. The van der Waals surface area contributed by atoms with Crippen LogP contribution >= 0.6 is 11.6 Å². The monoisotopic (exact) mass is 419 g/mol. The van der Waals surface area contributed by atoms with Crippen LogP contribution in [0.5, 0.6) is 5.75 Å². The number of ether oxygens (including phenoxy) is 1. The Morgan fingerprint density at radius 2 is 1.79 bits per heavy atom. The van der Waals surface area contributed by atoms with Gasteiger partial charge in [0.15, 0.2) is 9.84 Å². The number of aromatic nitrogens is 2. The molecule has 0 atom stereocenters. The molecule has 3 aromatic rings. The fourth-order valence-corrected chi connectivity index (χ4v) is 3.76. The lowest BCUT2D eigenvalue weighted by Gasteiger charge is -2.06. The molecule has 0 aliphatic carbocycles. The number of amides is 1. The zero-order chi connectivity index (χ0) is 20.1. The Balaban J connectivity index is 1.59. The Hall–Kier alpha value is -2.84.